The van der Waals surface area contributed by atoms with Gasteiger partial charge in [0.15, 0.2) is 0 Å². The Kier molecular flexibility index (Phi) is 2.71. The Morgan fingerprint density at radius 2 is 1.76 bits per heavy atom. The van der Waals surface area contributed by atoms with Gasteiger partial charge in [0.2, 0.25) is 10.0 Å². The first kappa shape index (κ1) is 11.2. The van der Waals surface area contributed by atoms with Gasteiger partial charge in [0.25, 0.3) is 0 Å². The van der Waals surface area contributed by atoms with E-state index in [9.17, 15) is 8.42 Å². The molecule has 3 rings (SSSR count). The largest absolute Gasteiger partial charge is 0.217 e. The van der Waals surface area contributed by atoms with E-state index in [0.717, 1.165) is 19.3 Å². The summed E-state index contributed by atoms with van der Waals surface area (Å²) in [4.78, 5) is 0. The van der Waals surface area contributed by atoms with Crippen LogP contribution >= 0.6 is 0 Å². The van der Waals surface area contributed by atoms with Gasteiger partial charge in [-0.15, -0.1) is 0 Å². The van der Waals surface area contributed by atoms with Crippen LogP contribution < -0.4 is 0 Å². The van der Waals surface area contributed by atoms with Crippen molar-refractivity contribution in [2.24, 2.45) is 0 Å². The summed E-state index contributed by atoms with van der Waals surface area (Å²) in [5.41, 5.74) is 1.26. The normalized spacial score (nSPS) is 26.2. The van der Waals surface area contributed by atoms with E-state index in [-0.39, 0.29) is 5.25 Å². The molecule has 1 aromatic rings. The molecular weight excluding hydrogens is 234 g/mol. The van der Waals surface area contributed by atoms with E-state index in [2.05, 4.69) is 12.1 Å². The van der Waals surface area contributed by atoms with Gasteiger partial charge in [-0.1, -0.05) is 30.3 Å². The molecule has 0 aromatic heterocycles. The molecule has 2 fully saturated rings. The van der Waals surface area contributed by atoms with E-state index in [1.165, 1.54) is 5.56 Å². The summed E-state index contributed by atoms with van der Waals surface area (Å²) < 4.78 is 25.9. The van der Waals surface area contributed by atoms with Crippen molar-refractivity contribution in [1.82, 2.24) is 4.31 Å². The van der Waals surface area contributed by atoms with Gasteiger partial charge in [0.1, 0.15) is 0 Å². The maximum absolute atomic E-state index is 12.1. The van der Waals surface area contributed by atoms with Crippen LogP contribution in [0.3, 0.4) is 0 Å². The minimum Gasteiger partial charge on any atom is -0.212 e. The first-order valence-corrected chi connectivity index (χ1v) is 7.72. The monoisotopic (exact) mass is 251 g/mol. The maximum atomic E-state index is 12.1. The molecule has 17 heavy (non-hydrogen) atoms. The van der Waals surface area contributed by atoms with Gasteiger partial charge in [0, 0.05) is 13.1 Å². The van der Waals surface area contributed by atoms with E-state index < -0.39 is 10.0 Å². The first-order valence-electron chi connectivity index (χ1n) is 6.22. The topological polar surface area (TPSA) is 37.4 Å². The van der Waals surface area contributed by atoms with Crippen LogP contribution in [-0.2, 0) is 10.0 Å². The highest BCUT2D eigenvalue weighted by Gasteiger charge is 2.42. The van der Waals surface area contributed by atoms with Crippen molar-refractivity contribution in [1.29, 1.82) is 0 Å². The zero-order valence-corrected chi connectivity index (χ0v) is 10.6. The lowest BCUT2D eigenvalue weighted by atomic mass is 9.99. The fraction of sp³-hybridized carbons (Fsp3) is 0.538. The molecule has 1 heterocycles. The highest BCUT2D eigenvalue weighted by atomic mass is 32.2. The van der Waals surface area contributed by atoms with E-state index in [1.54, 1.807) is 4.31 Å². The second-order valence-corrected chi connectivity index (χ2v) is 7.21. The van der Waals surface area contributed by atoms with Gasteiger partial charge < -0.3 is 0 Å². The van der Waals surface area contributed by atoms with Gasteiger partial charge in [0.05, 0.1) is 5.25 Å². The molecule has 4 heteroatoms. The number of hydrogen-bond donors (Lipinski definition) is 0. The molecule has 1 saturated heterocycles. The Morgan fingerprint density at radius 3 is 2.41 bits per heavy atom. The number of hydrogen-bond acceptors (Lipinski definition) is 2. The molecule has 3 nitrogen and oxygen atoms in total. The fourth-order valence-electron chi connectivity index (χ4n) is 2.53. The molecule has 0 bridgehead atoms. The summed E-state index contributed by atoms with van der Waals surface area (Å²) in [6.45, 7) is 1.36. The van der Waals surface area contributed by atoms with Crippen molar-refractivity contribution in [3.8, 4) is 0 Å². The lowest BCUT2D eigenvalue weighted by molar-refractivity contribution is 0.471. The molecule has 0 amide bonds. The standard InChI is InChI=1S/C13H17NO2S/c15-17(16,13-6-7-13)14-9-8-12(10-14)11-4-2-1-3-5-11/h1-5,12-13H,6-10H2. The van der Waals surface area contributed by atoms with Gasteiger partial charge in [-0.2, -0.15) is 0 Å². The highest BCUT2D eigenvalue weighted by molar-refractivity contribution is 7.90. The van der Waals surface area contributed by atoms with E-state index in [1.807, 2.05) is 18.2 Å². The van der Waals surface area contributed by atoms with Gasteiger partial charge in [-0.25, -0.2) is 12.7 Å². The molecule has 1 saturated carbocycles. The second kappa shape index (κ2) is 4.10. The Balaban J connectivity index is 1.74. The Morgan fingerprint density at radius 1 is 1.06 bits per heavy atom. The number of benzene rings is 1. The first-order chi connectivity index (χ1) is 8.18. The number of sulfonamides is 1. The summed E-state index contributed by atoms with van der Waals surface area (Å²) in [7, 11) is -2.97. The Bertz CT molecular complexity index is 493. The average molecular weight is 251 g/mol. The second-order valence-electron chi connectivity index (χ2n) is 5.00. The molecule has 0 N–H and O–H groups in total. The predicted octanol–water partition coefficient (Wildman–Crippen LogP) is 1.97. The lowest BCUT2D eigenvalue weighted by Crippen LogP contribution is -2.31. The summed E-state index contributed by atoms with van der Waals surface area (Å²) >= 11 is 0. The molecule has 1 unspecified atom stereocenters. The van der Waals surface area contributed by atoms with Crippen molar-refractivity contribution in [2.45, 2.75) is 30.4 Å². The van der Waals surface area contributed by atoms with E-state index >= 15 is 0 Å². The zero-order valence-electron chi connectivity index (χ0n) is 9.75. The van der Waals surface area contributed by atoms with Crippen molar-refractivity contribution in [3.63, 3.8) is 0 Å². The van der Waals surface area contributed by atoms with Crippen LogP contribution in [0, 0.1) is 0 Å². The van der Waals surface area contributed by atoms with Crippen molar-refractivity contribution >= 4 is 10.0 Å². The molecule has 1 aromatic carbocycles. The third-order valence-electron chi connectivity index (χ3n) is 3.73. The third kappa shape index (κ3) is 2.11. The molecule has 0 radical (unpaired) electrons. The van der Waals surface area contributed by atoms with Gasteiger partial charge in [-0.05, 0) is 30.7 Å². The Hall–Kier alpha value is -0.870. The van der Waals surface area contributed by atoms with Gasteiger partial charge >= 0.3 is 0 Å². The minimum absolute atomic E-state index is 0.0722. The third-order valence-corrected chi connectivity index (χ3v) is 6.09. The molecule has 92 valence electrons. The minimum atomic E-state index is -2.97. The van der Waals surface area contributed by atoms with Crippen LogP contribution in [0.4, 0.5) is 0 Å². The quantitative estimate of drug-likeness (QED) is 0.823. The molecule has 2 aliphatic rings. The van der Waals surface area contributed by atoms with Crippen LogP contribution in [0.5, 0.6) is 0 Å². The highest BCUT2D eigenvalue weighted by Crippen LogP contribution is 2.36. The van der Waals surface area contributed by atoms with E-state index in [4.69, 9.17) is 0 Å². The molecule has 1 atom stereocenters. The zero-order chi connectivity index (χ0) is 11.9. The van der Waals surface area contributed by atoms with Crippen LogP contribution in [0.25, 0.3) is 0 Å². The van der Waals surface area contributed by atoms with Crippen molar-refractivity contribution in [2.75, 3.05) is 13.1 Å². The average Bonchev–Trinajstić information content (AvgIpc) is 3.08. The smallest absolute Gasteiger partial charge is 0.212 e. The van der Waals surface area contributed by atoms with Crippen LogP contribution in [0.1, 0.15) is 30.7 Å². The Labute approximate surface area is 102 Å². The van der Waals surface area contributed by atoms with Crippen LogP contribution in [-0.4, -0.2) is 31.1 Å². The molecule has 1 aliphatic carbocycles. The van der Waals surface area contributed by atoms with Crippen LogP contribution in [0.2, 0.25) is 0 Å². The summed E-state index contributed by atoms with van der Waals surface area (Å²) in [6.07, 6.45) is 2.67. The number of rotatable bonds is 3. The van der Waals surface area contributed by atoms with E-state index in [0.29, 0.717) is 19.0 Å². The van der Waals surface area contributed by atoms with Crippen molar-refractivity contribution in [3.05, 3.63) is 35.9 Å². The summed E-state index contributed by atoms with van der Waals surface area (Å²) in [5.74, 6) is 0.379. The van der Waals surface area contributed by atoms with Crippen LogP contribution in [0.15, 0.2) is 30.3 Å². The SMILES string of the molecule is O=S(=O)(C1CC1)N1CCC(c2ccccc2)C1. The summed E-state index contributed by atoms with van der Waals surface area (Å²) in [6, 6.07) is 10.2. The van der Waals surface area contributed by atoms with Gasteiger partial charge in [-0.3, -0.25) is 0 Å². The maximum Gasteiger partial charge on any atom is 0.217 e. The predicted molar refractivity (Wildman–Crippen MR) is 67.3 cm³/mol. The molecule has 0 spiro atoms. The lowest BCUT2D eigenvalue weighted by Gasteiger charge is -2.16. The summed E-state index contributed by atoms with van der Waals surface area (Å²) in [5, 5.41) is -0.0722. The fourth-order valence-corrected chi connectivity index (χ4v) is 4.43. The molecule has 1 aliphatic heterocycles. The van der Waals surface area contributed by atoms with Crippen molar-refractivity contribution < 1.29 is 8.42 Å². The molecular formula is C13H17NO2S. The number of nitrogens with zero attached hydrogens (tertiary/aromatic N) is 1.